The molecule has 0 spiro atoms. The number of aromatic nitrogens is 3. The Morgan fingerprint density at radius 1 is 1.19 bits per heavy atom. The lowest BCUT2D eigenvalue weighted by atomic mass is 9.99. The van der Waals surface area contributed by atoms with Gasteiger partial charge < -0.3 is 9.67 Å². The van der Waals surface area contributed by atoms with E-state index in [1.807, 2.05) is 0 Å². The predicted octanol–water partition coefficient (Wildman–Crippen LogP) is 2.23. The molecule has 2 rings (SSSR count). The van der Waals surface area contributed by atoms with Gasteiger partial charge in [-0.15, -0.1) is 10.2 Å². The van der Waals surface area contributed by atoms with Crippen LogP contribution < -0.4 is 0 Å². The number of nitrogens with zero attached hydrogens (tertiary/aromatic N) is 3. The van der Waals surface area contributed by atoms with Gasteiger partial charge >= 0.3 is 0 Å². The largest absolute Gasteiger partial charge is 0.388 e. The van der Waals surface area contributed by atoms with E-state index in [9.17, 15) is 5.11 Å². The average molecular weight is 223 g/mol. The van der Waals surface area contributed by atoms with Crippen LogP contribution in [0.25, 0.3) is 0 Å². The first-order valence-electron chi connectivity index (χ1n) is 6.39. The number of hydrogen-bond acceptors (Lipinski definition) is 3. The van der Waals surface area contributed by atoms with Gasteiger partial charge in [-0.2, -0.15) is 0 Å². The number of aliphatic hydroxyl groups excluding tert-OH is 1. The van der Waals surface area contributed by atoms with Gasteiger partial charge in [-0.3, -0.25) is 0 Å². The molecule has 0 saturated heterocycles. The van der Waals surface area contributed by atoms with Crippen LogP contribution in [0, 0.1) is 0 Å². The second-order valence-corrected chi connectivity index (χ2v) is 4.57. The number of aliphatic hydroxyl groups is 1. The van der Waals surface area contributed by atoms with Crippen LogP contribution in [-0.4, -0.2) is 19.9 Å². The van der Waals surface area contributed by atoms with Crippen LogP contribution in [-0.2, 0) is 13.2 Å². The molecule has 1 N–H and O–H groups in total. The van der Waals surface area contributed by atoms with E-state index in [1.54, 1.807) is 0 Å². The predicted molar refractivity (Wildman–Crippen MR) is 62.1 cm³/mol. The maximum absolute atomic E-state index is 9.19. The quantitative estimate of drug-likeness (QED) is 0.799. The smallest absolute Gasteiger partial charge is 0.158 e. The van der Waals surface area contributed by atoms with Crippen molar-refractivity contribution in [3.05, 3.63) is 11.6 Å². The third-order valence-corrected chi connectivity index (χ3v) is 3.53. The maximum Gasteiger partial charge on any atom is 0.158 e. The zero-order chi connectivity index (χ0) is 11.4. The van der Waals surface area contributed by atoms with Crippen LogP contribution in [0.1, 0.15) is 63.0 Å². The lowest BCUT2D eigenvalue weighted by Gasteiger charge is -2.14. The van der Waals surface area contributed by atoms with Crippen molar-refractivity contribution >= 4 is 0 Å². The van der Waals surface area contributed by atoms with Crippen LogP contribution in [0.3, 0.4) is 0 Å². The molecule has 90 valence electrons. The Morgan fingerprint density at radius 3 is 2.44 bits per heavy atom. The SMILES string of the molecule is CCn1c(CO)nnc1C1CCCCCC1. The van der Waals surface area contributed by atoms with Gasteiger partial charge in [-0.1, -0.05) is 25.7 Å². The van der Waals surface area contributed by atoms with Gasteiger partial charge in [0.2, 0.25) is 0 Å². The molecule has 1 aromatic heterocycles. The van der Waals surface area contributed by atoms with E-state index in [1.165, 1.54) is 38.5 Å². The minimum absolute atomic E-state index is 0.00639. The summed E-state index contributed by atoms with van der Waals surface area (Å²) in [4.78, 5) is 0. The highest BCUT2D eigenvalue weighted by Gasteiger charge is 2.21. The summed E-state index contributed by atoms with van der Waals surface area (Å²) < 4.78 is 2.08. The normalized spacial score (nSPS) is 18.6. The summed E-state index contributed by atoms with van der Waals surface area (Å²) in [5.41, 5.74) is 0. The monoisotopic (exact) mass is 223 g/mol. The molecule has 0 bridgehead atoms. The highest BCUT2D eigenvalue weighted by Crippen LogP contribution is 2.30. The highest BCUT2D eigenvalue weighted by molar-refractivity contribution is 5.02. The van der Waals surface area contributed by atoms with E-state index in [0.717, 1.165) is 12.4 Å². The average Bonchev–Trinajstić information content (AvgIpc) is 2.54. The summed E-state index contributed by atoms with van der Waals surface area (Å²) in [5, 5.41) is 17.5. The van der Waals surface area contributed by atoms with Gasteiger partial charge in [0.05, 0.1) is 0 Å². The molecule has 0 aliphatic heterocycles. The Bertz CT molecular complexity index is 327. The van der Waals surface area contributed by atoms with Gasteiger partial charge in [0.25, 0.3) is 0 Å². The Balaban J connectivity index is 2.20. The third-order valence-electron chi connectivity index (χ3n) is 3.53. The van der Waals surface area contributed by atoms with Crippen molar-refractivity contribution in [1.82, 2.24) is 14.8 Å². The first kappa shape index (κ1) is 11.6. The summed E-state index contributed by atoms with van der Waals surface area (Å²) >= 11 is 0. The molecular formula is C12H21N3O. The van der Waals surface area contributed by atoms with Crippen molar-refractivity contribution in [2.45, 2.75) is 64.5 Å². The van der Waals surface area contributed by atoms with Crippen LogP contribution >= 0.6 is 0 Å². The second kappa shape index (κ2) is 5.43. The molecule has 1 aliphatic carbocycles. The lowest BCUT2D eigenvalue weighted by molar-refractivity contribution is 0.264. The van der Waals surface area contributed by atoms with Crippen LogP contribution in [0.15, 0.2) is 0 Å². The van der Waals surface area contributed by atoms with Gasteiger partial charge in [-0.25, -0.2) is 0 Å². The number of hydrogen-bond donors (Lipinski definition) is 1. The van der Waals surface area contributed by atoms with E-state index in [2.05, 4.69) is 21.7 Å². The summed E-state index contributed by atoms with van der Waals surface area (Å²) in [6, 6.07) is 0. The molecule has 0 radical (unpaired) electrons. The van der Waals surface area contributed by atoms with Crippen molar-refractivity contribution in [2.24, 2.45) is 0 Å². The molecule has 1 heterocycles. The molecule has 0 atom stereocenters. The Labute approximate surface area is 96.7 Å². The molecule has 1 aromatic rings. The molecule has 16 heavy (non-hydrogen) atoms. The maximum atomic E-state index is 9.19. The third kappa shape index (κ3) is 2.26. The molecule has 1 saturated carbocycles. The first-order valence-corrected chi connectivity index (χ1v) is 6.39. The van der Waals surface area contributed by atoms with E-state index >= 15 is 0 Å². The van der Waals surface area contributed by atoms with Crippen LogP contribution in [0.2, 0.25) is 0 Å². The summed E-state index contributed by atoms with van der Waals surface area (Å²) in [6.07, 6.45) is 7.76. The fourth-order valence-electron chi connectivity index (χ4n) is 2.65. The summed E-state index contributed by atoms with van der Waals surface area (Å²) in [7, 11) is 0. The Kier molecular flexibility index (Phi) is 3.93. The molecule has 0 unspecified atom stereocenters. The van der Waals surface area contributed by atoms with Gasteiger partial charge in [0, 0.05) is 12.5 Å². The van der Waals surface area contributed by atoms with Crippen molar-refractivity contribution < 1.29 is 5.11 Å². The fourth-order valence-corrected chi connectivity index (χ4v) is 2.65. The second-order valence-electron chi connectivity index (χ2n) is 4.57. The minimum atomic E-state index is -0.00639. The van der Waals surface area contributed by atoms with E-state index in [0.29, 0.717) is 11.7 Å². The summed E-state index contributed by atoms with van der Waals surface area (Å²) in [5.74, 6) is 2.35. The van der Waals surface area contributed by atoms with E-state index in [4.69, 9.17) is 0 Å². The Morgan fingerprint density at radius 2 is 1.88 bits per heavy atom. The summed E-state index contributed by atoms with van der Waals surface area (Å²) in [6.45, 7) is 2.94. The van der Waals surface area contributed by atoms with Crippen molar-refractivity contribution in [1.29, 1.82) is 0 Å². The highest BCUT2D eigenvalue weighted by atomic mass is 16.3. The molecular weight excluding hydrogens is 202 g/mol. The van der Waals surface area contributed by atoms with E-state index in [-0.39, 0.29) is 6.61 Å². The molecule has 4 heteroatoms. The topological polar surface area (TPSA) is 50.9 Å². The molecule has 4 nitrogen and oxygen atoms in total. The first-order chi connectivity index (χ1) is 7.86. The lowest BCUT2D eigenvalue weighted by Crippen LogP contribution is -2.10. The van der Waals surface area contributed by atoms with Gasteiger partial charge in [0.1, 0.15) is 12.4 Å². The van der Waals surface area contributed by atoms with Crippen molar-refractivity contribution in [2.75, 3.05) is 0 Å². The molecule has 0 aromatic carbocycles. The zero-order valence-corrected chi connectivity index (χ0v) is 10.0. The van der Waals surface area contributed by atoms with Crippen LogP contribution in [0.5, 0.6) is 0 Å². The van der Waals surface area contributed by atoms with Crippen molar-refractivity contribution in [3.63, 3.8) is 0 Å². The minimum Gasteiger partial charge on any atom is -0.388 e. The van der Waals surface area contributed by atoms with Crippen molar-refractivity contribution in [3.8, 4) is 0 Å². The van der Waals surface area contributed by atoms with E-state index < -0.39 is 0 Å². The standard InChI is InChI=1S/C12H21N3O/c1-2-15-11(9-16)13-14-12(15)10-7-5-3-4-6-8-10/h10,16H,2-9H2,1H3. The number of rotatable bonds is 3. The zero-order valence-electron chi connectivity index (χ0n) is 10.0. The van der Waals surface area contributed by atoms with Gasteiger partial charge in [0.15, 0.2) is 5.82 Å². The fraction of sp³-hybridized carbons (Fsp3) is 0.833. The molecule has 1 aliphatic rings. The van der Waals surface area contributed by atoms with Crippen LogP contribution in [0.4, 0.5) is 0 Å². The van der Waals surface area contributed by atoms with Gasteiger partial charge in [-0.05, 0) is 19.8 Å². The Hall–Kier alpha value is -0.900. The molecule has 1 fully saturated rings. The molecule has 0 amide bonds.